The molecule has 0 saturated carbocycles. The van der Waals surface area contributed by atoms with Crippen molar-refractivity contribution in [2.24, 2.45) is 0 Å². The van der Waals surface area contributed by atoms with Gasteiger partial charge in [0.05, 0.1) is 12.1 Å². The van der Waals surface area contributed by atoms with E-state index in [1.807, 2.05) is 70.5 Å². The molecule has 8 heteroatoms. The predicted octanol–water partition coefficient (Wildman–Crippen LogP) is 8.09. The van der Waals surface area contributed by atoms with E-state index in [0.717, 1.165) is 24.0 Å². The summed E-state index contributed by atoms with van der Waals surface area (Å²) in [6, 6.07) is 19.2. The zero-order valence-corrected chi connectivity index (χ0v) is 27.4. The Balaban J connectivity index is 1.48. The molecule has 0 saturated heterocycles. The van der Waals surface area contributed by atoms with Gasteiger partial charge < -0.3 is 23.7 Å². The first-order valence-electron chi connectivity index (χ1n) is 15.5. The normalized spacial score (nSPS) is 19.0. The number of hydrogen-bond acceptors (Lipinski definition) is 5. The molecule has 0 N–H and O–H groups in total. The second kappa shape index (κ2) is 14.9. The summed E-state index contributed by atoms with van der Waals surface area (Å²) < 4.78 is 18.5. The van der Waals surface area contributed by atoms with Crippen LogP contribution in [-0.2, 0) is 27.1 Å². The number of ether oxygens (including phenoxy) is 2. The van der Waals surface area contributed by atoms with E-state index >= 15 is 0 Å². The highest BCUT2D eigenvalue weighted by Gasteiger charge is 2.41. The molecule has 0 unspecified atom stereocenters. The molecule has 2 atom stereocenters. The van der Waals surface area contributed by atoms with Crippen molar-refractivity contribution in [3.63, 3.8) is 0 Å². The minimum Gasteiger partial charge on any atom is -0.445 e. The Kier molecular flexibility index (Phi) is 11.3. The molecule has 2 amide bonds. The van der Waals surface area contributed by atoms with Crippen molar-refractivity contribution < 1.29 is 23.5 Å². The first-order chi connectivity index (χ1) is 20.5. The zero-order chi connectivity index (χ0) is 30.9. The van der Waals surface area contributed by atoms with Gasteiger partial charge >= 0.3 is 12.2 Å². The standard InChI is InChI=1S/C35H48N2O5Si/c1-35(2,3)43(4,5)42-32(24-30-20-12-14-22-36(30)33(38)40-26-28-16-8-6-9-17-28)25-31-21-13-15-23-37(31)34(39)41-27-29-18-10-7-11-19-29/h6-13,16-21,30-32H,14-15,22-27H2,1-5H3/t30-,31-/m1/s1. The lowest BCUT2D eigenvalue weighted by Crippen LogP contribution is -2.50. The average Bonchev–Trinajstić information content (AvgIpc) is 2.99. The molecule has 7 nitrogen and oxygen atoms in total. The summed E-state index contributed by atoms with van der Waals surface area (Å²) in [4.78, 5) is 30.2. The van der Waals surface area contributed by atoms with E-state index in [4.69, 9.17) is 13.9 Å². The number of carbonyl (C=O) groups excluding carboxylic acids is 2. The Bertz CT molecular complexity index is 1160. The molecule has 2 aliphatic rings. The van der Waals surface area contributed by atoms with Crippen LogP contribution in [0.3, 0.4) is 0 Å². The first kappa shape index (κ1) is 32.5. The minimum absolute atomic E-state index is 0.0126. The van der Waals surface area contributed by atoms with Gasteiger partial charge in [-0.1, -0.05) is 106 Å². The first-order valence-corrected chi connectivity index (χ1v) is 18.4. The summed E-state index contributed by atoms with van der Waals surface area (Å²) in [5.74, 6) is 0. The lowest BCUT2D eigenvalue weighted by atomic mass is 9.97. The van der Waals surface area contributed by atoms with Crippen LogP contribution in [-0.4, -0.2) is 61.6 Å². The number of nitrogens with zero attached hydrogens (tertiary/aromatic N) is 2. The molecule has 2 aromatic carbocycles. The van der Waals surface area contributed by atoms with E-state index in [9.17, 15) is 9.59 Å². The van der Waals surface area contributed by atoms with Crippen LogP contribution in [0, 0.1) is 0 Å². The summed E-state index contributed by atoms with van der Waals surface area (Å²) in [6.45, 7) is 12.9. The number of carbonyl (C=O) groups is 2. The molecule has 0 aliphatic carbocycles. The fourth-order valence-corrected chi connectivity index (χ4v) is 6.65. The largest absolute Gasteiger partial charge is 0.445 e. The second-order valence-corrected chi connectivity index (χ2v) is 17.8. The third-order valence-corrected chi connectivity index (χ3v) is 13.3. The molecule has 0 fully saturated rings. The Labute approximate surface area is 258 Å². The monoisotopic (exact) mass is 604 g/mol. The van der Waals surface area contributed by atoms with Gasteiger partial charge in [0.1, 0.15) is 13.2 Å². The summed E-state index contributed by atoms with van der Waals surface area (Å²) in [7, 11) is -2.17. The van der Waals surface area contributed by atoms with Gasteiger partial charge in [0, 0.05) is 19.2 Å². The van der Waals surface area contributed by atoms with Crippen LogP contribution in [0.15, 0.2) is 85.0 Å². The molecule has 2 aliphatic heterocycles. The average molecular weight is 605 g/mol. The molecule has 43 heavy (non-hydrogen) atoms. The third kappa shape index (κ3) is 9.31. The SMILES string of the molecule is CC(C)(C)[Si](C)(C)OC(C[C@H]1C=CCCN1C(=O)OCc1ccccc1)C[C@H]1C=CCCN1C(=O)OCc1ccccc1. The highest BCUT2D eigenvalue weighted by atomic mass is 28.4. The van der Waals surface area contributed by atoms with Gasteiger partial charge in [-0.2, -0.15) is 0 Å². The maximum Gasteiger partial charge on any atom is 0.410 e. The van der Waals surface area contributed by atoms with Crippen LogP contribution in [0.5, 0.6) is 0 Å². The fraction of sp³-hybridized carbons (Fsp3) is 0.486. The van der Waals surface area contributed by atoms with Crippen molar-refractivity contribution in [1.29, 1.82) is 0 Å². The van der Waals surface area contributed by atoms with Crippen molar-refractivity contribution in [3.05, 3.63) is 96.1 Å². The topological polar surface area (TPSA) is 68.3 Å². The predicted molar refractivity (Wildman–Crippen MR) is 173 cm³/mol. The number of rotatable bonds is 10. The van der Waals surface area contributed by atoms with Crippen LogP contribution in [0.25, 0.3) is 0 Å². The third-order valence-electron chi connectivity index (χ3n) is 8.75. The summed E-state index contributed by atoms with van der Waals surface area (Å²) in [5.41, 5.74) is 1.92. The Morgan fingerprint density at radius 2 is 1.19 bits per heavy atom. The molecule has 0 aromatic heterocycles. The van der Waals surface area contributed by atoms with E-state index < -0.39 is 8.32 Å². The fourth-order valence-electron chi connectivity index (χ4n) is 5.27. The molecule has 2 aromatic rings. The molecule has 4 rings (SSSR count). The molecule has 0 bridgehead atoms. The van der Waals surface area contributed by atoms with E-state index in [1.165, 1.54) is 0 Å². The quantitative estimate of drug-likeness (QED) is 0.203. The highest BCUT2D eigenvalue weighted by molar-refractivity contribution is 6.74. The lowest BCUT2D eigenvalue weighted by Gasteiger charge is -2.43. The van der Waals surface area contributed by atoms with Crippen molar-refractivity contribution in [3.8, 4) is 0 Å². The maximum atomic E-state index is 13.3. The van der Waals surface area contributed by atoms with Gasteiger partial charge in [0.25, 0.3) is 0 Å². The van der Waals surface area contributed by atoms with E-state index in [2.05, 4.69) is 58.2 Å². The van der Waals surface area contributed by atoms with E-state index in [1.54, 1.807) is 0 Å². The molecule has 0 radical (unpaired) electrons. The Morgan fingerprint density at radius 3 is 1.58 bits per heavy atom. The van der Waals surface area contributed by atoms with Gasteiger partial charge in [-0.15, -0.1) is 0 Å². The number of benzene rings is 2. The molecular formula is C35H48N2O5Si. The smallest absolute Gasteiger partial charge is 0.410 e. The molecular weight excluding hydrogens is 556 g/mol. The minimum atomic E-state index is -2.17. The van der Waals surface area contributed by atoms with E-state index in [-0.39, 0.29) is 48.6 Å². The molecule has 232 valence electrons. The van der Waals surface area contributed by atoms with Gasteiger partial charge in [-0.25, -0.2) is 9.59 Å². The highest BCUT2D eigenvalue weighted by Crippen LogP contribution is 2.39. The molecule has 0 spiro atoms. The van der Waals surface area contributed by atoms with Crippen molar-refractivity contribution in [1.82, 2.24) is 9.80 Å². The van der Waals surface area contributed by atoms with Crippen molar-refractivity contribution >= 4 is 20.5 Å². The number of hydrogen-bond donors (Lipinski definition) is 0. The van der Waals surface area contributed by atoms with Crippen LogP contribution < -0.4 is 0 Å². The van der Waals surface area contributed by atoms with Crippen molar-refractivity contribution in [2.75, 3.05) is 13.1 Å². The van der Waals surface area contributed by atoms with Crippen molar-refractivity contribution in [2.45, 2.75) is 96.0 Å². The lowest BCUT2D eigenvalue weighted by molar-refractivity contribution is 0.0573. The molecule has 2 heterocycles. The van der Waals surface area contributed by atoms with Crippen LogP contribution in [0.4, 0.5) is 9.59 Å². The van der Waals surface area contributed by atoms with Crippen LogP contribution >= 0.6 is 0 Å². The Hall–Kier alpha value is -3.36. The van der Waals surface area contributed by atoms with Gasteiger partial charge in [-0.3, -0.25) is 0 Å². The second-order valence-electron chi connectivity index (χ2n) is 13.0. The summed E-state index contributed by atoms with van der Waals surface area (Å²) in [5, 5.41) is 0.0126. The van der Waals surface area contributed by atoms with Crippen LogP contribution in [0.2, 0.25) is 18.1 Å². The summed E-state index contributed by atoms with van der Waals surface area (Å²) >= 11 is 0. The van der Waals surface area contributed by atoms with Gasteiger partial charge in [0.2, 0.25) is 0 Å². The summed E-state index contributed by atoms with van der Waals surface area (Å²) in [6.07, 6.45) is 10.5. The van der Waals surface area contributed by atoms with Gasteiger partial charge in [0.15, 0.2) is 8.32 Å². The van der Waals surface area contributed by atoms with Crippen LogP contribution in [0.1, 0.15) is 57.6 Å². The maximum absolute atomic E-state index is 13.3. The Morgan fingerprint density at radius 1 is 0.767 bits per heavy atom. The zero-order valence-electron chi connectivity index (χ0n) is 26.4. The van der Waals surface area contributed by atoms with E-state index in [0.29, 0.717) is 25.9 Å². The van der Waals surface area contributed by atoms with Gasteiger partial charge in [-0.05, 0) is 54.9 Å². The number of amides is 2.